The van der Waals surface area contributed by atoms with Gasteiger partial charge in [0.15, 0.2) is 15.8 Å². The summed E-state index contributed by atoms with van der Waals surface area (Å²) in [5, 5.41) is 3.94. The molecule has 1 N–H and O–H groups in total. The standard InChI is InChI=1S/C19H17N3O4S2/c1-12(23)26-15-8-7-13(9-16(15)25-2)10-20-22-18(24)11-27-19-21-14-5-3-4-6-17(14)28-19/h3-10H,11H2,1-2H3,(H,22,24). The maximum atomic E-state index is 12.0. The molecule has 144 valence electrons. The number of hydrogen-bond donors (Lipinski definition) is 1. The van der Waals surface area contributed by atoms with Crippen LogP contribution in [0.1, 0.15) is 12.5 Å². The Bertz CT molecular complexity index is 1000. The van der Waals surface area contributed by atoms with Gasteiger partial charge in [-0.2, -0.15) is 5.10 Å². The zero-order chi connectivity index (χ0) is 19.9. The first kappa shape index (κ1) is 19.8. The van der Waals surface area contributed by atoms with Crippen LogP contribution in [0.4, 0.5) is 0 Å². The molecule has 0 aliphatic carbocycles. The summed E-state index contributed by atoms with van der Waals surface area (Å²) >= 11 is 2.92. The lowest BCUT2D eigenvalue weighted by molar-refractivity contribution is -0.132. The molecule has 7 nitrogen and oxygen atoms in total. The highest BCUT2D eigenvalue weighted by atomic mass is 32.2. The number of ether oxygens (including phenoxy) is 2. The molecule has 0 unspecified atom stereocenters. The second-order valence-electron chi connectivity index (χ2n) is 5.53. The third kappa shape index (κ3) is 5.30. The lowest BCUT2D eigenvalue weighted by Crippen LogP contribution is -2.19. The molecule has 0 spiro atoms. The molecule has 3 rings (SSSR count). The smallest absolute Gasteiger partial charge is 0.308 e. The molecule has 3 aromatic rings. The van der Waals surface area contributed by atoms with Crippen LogP contribution in [0.15, 0.2) is 51.9 Å². The minimum absolute atomic E-state index is 0.214. The lowest BCUT2D eigenvalue weighted by atomic mass is 10.2. The molecule has 0 saturated carbocycles. The summed E-state index contributed by atoms with van der Waals surface area (Å²) in [6.07, 6.45) is 1.49. The summed E-state index contributed by atoms with van der Waals surface area (Å²) in [5.41, 5.74) is 4.10. The van der Waals surface area contributed by atoms with Gasteiger partial charge in [-0.25, -0.2) is 10.4 Å². The summed E-state index contributed by atoms with van der Waals surface area (Å²) < 4.78 is 12.2. The van der Waals surface area contributed by atoms with Crippen molar-refractivity contribution in [1.29, 1.82) is 0 Å². The van der Waals surface area contributed by atoms with E-state index in [2.05, 4.69) is 15.5 Å². The van der Waals surface area contributed by atoms with E-state index in [9.17, 15) is 9.59 Å². The number of fused-ring (bicyclic) bond motifs is 1. The summed E-state index contributed by atoms with van der Waals surface area (Å²) in [6.45, 7) is 1.32. The Labute approximate surface area is 169 Å². The highest BCUT2D eigenvalue weighted by Gasteiger charge is 2.08. The van der Waals surface area contributed by atoms with E-state index in [0.29, 0.717) is 17.1 Å². The summed E-state index contributed by atoms with van der Waals surface area (Å²) in [4.78, 5) is 27.5. The van der Waals surface area contributed by atoms with Crippen LogP contribution in [0.25, 0.3) is 10.2 Å². The first-order valence-electron chi connectivity index (χ1n) is 8.22. The van der Waals surface area contributed by atoms with Gasteiger partial charge in [0.1, 0.15) is 0 Å². The molecule has 0 fully saturated rings. The Kier molecular flexibility index (Phi) is 6.62. The molecule has 2 aromatic carbocycles. The van der Waals surface area contributed by atoms with E-state index < -0.39 is 5.97 Å². The minimum Gasteiger partial charge on any atom is -0.493 e. The first-order valence-corrected chi connectivity index (χ1v) is 10.0. The second-order valence-corrected chi connectivity index (χ2v) is 7.79. The molecule has 1 heterocycles. The van der Waals surface area contributed by atoms with Crippen LogP contribution >= 0.6 is 23.1 Å². The Balaban J connectivity index is 1.53. The van der Waals surface area contributed by atoms with Gasteiger partial charge in [-0.1, -0.05) is 23.9 Å². The summed E-state index contributed by atoms with van der Waals surface area (Å²) in [5.74, 6) is 0.271. The SMILES string of the molecule is COc1cc(C=NNC(=O)CSc2nc3ccccc3s2)ccc1OC(C)=O. The molecule has 1 amide bonds. The number of thioether (sulfide) groups is 1. The largest absolute Gasteiger partial charge is 0.493 e. The van der Waals surface area contributed by atoms with Gasteiger partial charge in [0.05, 0.1) is 29.3 Å². The van der Waals surface area contributed by atoms with Crippen molar-refractivity contribution in [2.75, 3.05) is 12.9 Å². The van der Waals surface area contributed by atoms with Crippen LogP contribution < -0.4 is 14.9 Å². The number of nitrogens with zero attached hydrogens (tertiary/aromatic N) is 2. The third-order valence-corrected chi connectivity index (χ3v) is 5.62. The third-order valence-electron chi connectivity index (χ3n) is 3.45. The highest BCUT2D eigenvalue weighted by Crippen LogP contribution is 2.29. The number of aromatic nitrogens is 1. The molecule has 0 saturated heterocycles. The molecule has 0 bridgehead atoms. The Hall–Kier alpha value is -2.91. The van der Waals surface area contributed by atoms with Gasteiger partial charge in [-0.15, -0.1) is 11.3 Å². The van der Waals surface area contributed by atoms with Crippen LogP contribution in [0.2, 0.25) is 0 Å². The molecule has 0 aliphatic rings. The number of carbonyl (C=O) groups is 2. The van der Waals surface area contributed by atoms with Gasteiger partial charge in [0, 0.05) is 6.92 Å². The Morgan fingerprint density at radius 3 is 2.82 bits per heavy atom. The quantitative estimate of drug-likeness (QED) is 0.209. The van der Waals surface area contributed by atoms with E-state index in [0.717, 1.165) is 14.6 Å². The van der Waals surface area contributed by atoms with Gasteiger partial charge < -0.3 is 9.47 Å². The van der Waals surface area contributed by atoms with Crippen molar-refractivity contribution < 1.29 is 19.1 Å². The van der Waals surface area contributed by atoms with E-state index in [1.807, 2.05) is 24.3 Å². The maximum Gasteiger partial charge on any atom is 0.308 e. The second kappa shape index (κ2) is 9.34. The van der Waals surface area contributed by atoms with Crippen LogP contribution in [-0.4, -0.2) is 35.9 Å². The van der Waals surface area contributed by atoms with E-state index in [1.54, 1.807) is 29.5 Å². The lowest BCUT2D eigenvalue weighted by Gasteiger charge is -2.08. The molecular weight excluding hydrogens is 398 g/mol. The fourth-order valence-electron chi connectivity index (χ4n) is 2.25. The van der Waals surface area contributed by atoms with Gasteiger partial charge >= 0.3 is 5.97 Å². The van der Waals surface area contributed by atoms with Crippen molar-refractivity contribution in [1.82, 2.24) is 10.4 Å². The minimum atomic E-state index is -0.433. The van der Waals surface area contributed by atoms with Gasteiger partial charge in [-0.05, 0) is 35.9 Å². The van der Waals surface area contributed by atoms with Crippen molar-refractivity contribution in [3.05, 3.63) is 48.0 Å². The Morgan fingerprint density at radius 1 is 1.25 bits per heavy atom. The van der Waals surface area contributed by atoms with E-state index >= 15 is 0 Å². The van der Waals surface area contributed by atoms with Crippen LogP contribution in [0.5, 0.6) is 11.5 Å². The topological polar surface area (TPSA) is 89.9 Å². The van der Waals surface area contributed by atoms with Crippen LogP contribution in [0.3, 0.4) is 0 Å². The maximum absolute atomic E-state index is 12.0. The number of esters is 1. The normalized spacial score (nSPS) is 10.9. The van der Waals surface area contributed by atoms with Crippen molar-refractivity contribution >= 4 is 51.4 Å². The fraction of sp³-hybridized carbons (Fsp3) is 0.158. The number of hydrogen-bond acceptors (Lipinski definition) is 8. The van der Waals surface area contributed by atoms with Crippen molar-refractivity contribution in [3.8, 4) is 11.5 Å². The summed E-state index contributed by atoms with van der Waals surface area (Å²) in [7, 11) is 1.48. The zero-order valence-corrected chi connectivity index (χ0v) is 16.8. The van der Waals surface area contributed by atoms with E-state index in [-0.39, 0.29) is 11.7 Å². The van der Waals surface area contributed by atoms with Crippen LogP contribution in [-0.2, 0) is 9.59 Å². The fourth-order valence-corrected chi connectivity index (χ4v) is 4.12. The van der Waals surface area contributed by atoms with Crippen LogP contribution in [0, 0.1) is 0 Å². The number of thiazole rings is 1. The predicted molar refractivity (Wildman–Crippen MR) is 110 cm³/mol. The average molecular weight is 415 g/mol. The van der Waals surface area contributed by atoms with Gasteiger partial charge in [0.2, 0.25) is 0 Å². The van der Waals surface area contributed by atoms with E-state index in [1.165, 1.54) is 32.0 Å². The predicted octanol–water partition coefficient (Wildman–Crippen LogP) is 3.47. The van der Waals surface area contributed by atoms with Crippen molar-refractivity contribution in [2.24, 2.45) is 5.10 Å². The highest BCUT2D eigenvalue weighted by molar-refractivity contribution is 8.01. The molecule has 0 radical (unpaired) electrons. The number of methoxy groups -OCH3 is 1. The number of para-hydroxylation sites is 1. The zero-order valence-electron chi connectivity index (χ0n) is 15.2. The first-order chi connectivity index (χ1) is 13.5. The molecular formula is C19H17N3O4S2. The number of benzene rings is 2. The monoisotopic (exact) mass is 415 g/mol. The van der Waals surface area contributed by atoms with E-state index in [4.69, 9.17) is 9.47 Å². The number of nitrogens with one attached hydrogen (secondary N) is 1. The number of carbonyl (C=O) groups excluding carboxylic acids is 2. The molecule has 9 heteroatoms. The average Bonchev–Trinajstić information content (AvgIpc) is 3.10. The molecule has 28 heavy (non-hydrogen) atoms. The summed E-state index contributed by atoms with van der Waals surface area (Å²) in [6, 6.07) is 12.8. The van der Waals surface area contributed by atoms with Gasteiger partial charge in [-0.3, -0.25) is 9.59 Å². The van der Waals surface area contributed by atoms with Crippen molar-refractivity contribution in [3.63, 3.8) is 0 Å². The van der Waals surface area contributed by atoms with Gasteiger partial charge in [0.25, 0.3) is 5.91 Å². The van der Waals surface area contributed by atoms with Crippen molar-refractivity contribution in [2.45, 2.75) is 11.3 Å². The molecule has 0 aliphatic heterocycles. The number of amides is 1. The number of hydrazone groups is 1. The number of rotatable bonds is 7. The molecule has 1 aromatic heterocycles. The molecule has 0 atom stereocenters. The Morgan fingerprint density at radius 2 is 2.07 bits per heavy atom.